The quantitative estimate of drug-likeness (QED) is 0.632. The Bertz CT molecular complexity index is 774. The van der Waals surface area contributed by atoms with E-state index in [9.17, 15) is 26.8 Å². The van der Waals surface area contributed by atoms with Gasteiger partial charge < -0.3 is 9.64 Å². The summed E-state index contributed by atoms with van der Waals surface area (Å²) in [5.41, 5.74) is 0. The van der Waals surface area contributed by atoms with Crippen molar-refractivity contribution in [1.82, 2.24) is 9.62 Å². The van der Waals surface area contributed by atoms with E-state index < -0.39 is 39.1 Å². The molecule has 0 radical (unpaired) electrons. The average molecular weight is 406 g/mol. The Morgan fingerprint density at radius 2 is 1.70 bits per heavy atom. The molecule has 0 saturated carbocycles. The van der Waals surface area contributed by atoms with Crippen molar-refractivity contribution in [3.8, 4) is 0 Å². The molecular formula is C17H24F2N2O5S. The van der Waals surface area contributed by atoms with E-state index in [4.69, 9.17) is 4.74 Å². The van der Waals surface area contributed by atoms with E-state index in [2.05, 4.69) is 4.72 Å². The van der Waals surface area contributed by atoms with Gasteiger partial charge in [-0.15, -0.1) is 0 Å². The number of nitrogens with one attached hydrogen (secondary N) is 1. The molecule has 10 heteroatoms. The summed E-state index contributed by atoms with van der Waals surface area (Å²) in [5.74, 6) is -3.57. The van der Waals surface area contributed by atoms with Crippen molar-refractivity contribution < 1.29 is 31.5 Å². The SMILES string of the molecule is CC(C)N(C(=O)COC(=O)CCNS(=O)(=O)c1ccc(F)c(F)c1)C(C)C. The van der Waals surface area contributed by atoms with Gasteiger partial charge in [0.1, 0.15) is 0 Å². The minimum absolute atomic E-state index is 0.0564. The van der Waals surface area contributed by atoms with Crippen LogP contribution in [0.4, 0.5) is 8.78 Å². The molecule has 152 valence electrons. The Balaban J connectivity index is 2.50. The number of halogens is 2. The van der Waals surface area contributed by atoms with Crippen LogP contribution < -0.4 is 4.72 Å². The van der Waals surface area contributed by atoms with Crippen LogP contribution in [0.25, 0.3) is 0 Å². The molecule has 0 heterocycles. The summed E-state index contributed by atoms with van der Waals surface area (Å²) >= 11 is 0. The zero-order valence-corrected chi connectivity index (χ0v) is 16.5. The number of rotatable bonds is 9. The molecule has 1 rings (SSSR count). The molecule has 7 nitrogen and oxygen atoms in total. The molecule has 1 aromatic carbocycles. The maximum atomic E-state index is 13.1. The maximum absolute atomic E-state index is 13.1. The molecule has 0 spiro atoms. The van der Waals surface area contributed by atoms with Crippen molar-refractivity contribution in [2.45, 2.75) is 51.1 Å². The fraction of sp³-hybridized carbons (Fsp3) is 0.529. The summed E-state index contributed by atoms with van der Waals surface area (Å²) in [5, 5.41) is 0. The average Bonchev–Trinajstić information content (AvgIpc) is 2.54. The lowest BCUT2D eigenvalue weighted by Gasteiger charge is -2.30. The van der Waals surface area contributed by atoms with Crippen LogP contribution in [0.15, 0.2) is 23.1 Å². The van der Waals surface area contributed by atoms with Crippen LogP contribution in [0.2, 0.25) is 0 Å². The highest BCUT2D eigenvalue weighted by atomic mass is 32.2. The van der Waals surface area contributed by atoms with Crippen LogP contribution in [0.5, 0.6) is 0 Å². The van der Waals surface area contributed by atoms with Crippen LogP contribution in [-0.4, -0.2) is 50.4 Å². The number of nitrogens with zero attached hydrogens (tertiary/aromatic N) is 1. The molecule has 0 unspecified atom stereocenters. The largest absolute Gasteiger partial charge is 0.456 e. The van der Waals surface area contributed by atoms with Gasteiger partial charge in [0.05, 0.1) is 11.3 Å². The van der Waals surface area contributed by atoms with Crippen LogP contribution in [0.1, 0.15) is 34.1 Å². The van der Waals surface area contributed by atoms with E-state index >= 15 is 0 Å². The molecule has 0 atom stereocenters. The van der Waals surface area contributed by atoms with Gasteiger partial charge in [-0.1, -0.05) is 0 Å². The van der Waals surface area contributed by atoms with Gasteiger partial charge in [-0.25, -0.2) is 21.9 Å². The van der Waals surface area contributed by atoms with Crippen molar-refractivity contribution >= 4 is 21.9 Å². The summed E-state index contributed by atoms with van der Waals surface area (Å²) in [6.07, 6.45) is -0.320. The van der Waals surface area contributed by atoms with E-state index in [-0.39, 0.29) is 31.0 Å². The third kappa shape index (κ3) is 6.87. The lowest BCUT2D eigenvalue weighted by molar-refractivity contribution is -0.153. The summed E-state index contributed by atoms with van der Waals surface area (Å²) in [6.45, 7) is 6.61. The first kappa shape index (κ1) is 23.0. The van der Waals surface area contributed by atoms with E-state index in [0.29, 0.717) is 12.1 Å². The normalized spacial score (nSPS) is 11.7. The molecule has 0 aliphatic carbocycles. The molecule has 0 fully saturated rings. The van der Waals surface area contributed by atoms with Crippen molar-refractivity contribution in [2.24, 2.45) is 0 Å². The first-order valence-electron chi connectivity index (χ1n) is 8.37. The summed E-state index contributed by atoms with van der Waals surface area (Å²) in [4.78, 5) is 24.9. The van der Waals surface area contributed by atoms with Gasteiger partial charge in [0, 0.05) is 18.6 Å². The second kappa shape index (κ2) is 9.75. The maximum Gasteiger partial charge on any atom is 0.307 e. The Hall–Kier alpha value is -2.07. The molecule has 1 amide bonds. The minimum Gasteiger partial charge on any atom is -0.456 e. The lowest BCUT2D eigenvalue weighted by atomic mass is 10.2. The molecule has 0 saturated heterocycles. The fourth-order valence-corrected chi connectivity index (χ4v) is 3.52. The topological polar surface area (TPSA) is 92.8 Å². The zero-order chi connectivity index (χ0) is 20.8. The number of hydrogen-bond acceptors (Lipinski definition) is 5. The van der Waals surface area contributed by atoms with E-state index in [0.717, 1.165) is 6.07 Å². The van der Waals surface area contributed by atoms with Crippen molar-refractivity contribution in [3.63, 3.8) is 0 Å². The number of amides is 1. The summed E-state index contributed by atoms with van der Waals surface area (Å²) in [6, 6.07) is 2.03. The first-order chi connectivity index (χ1) is 12.5. The summed E-state index contributed by atoms with van der Waals surface area (Å²) < 4.78 is 56.9. The van der Waals surface area contributed by atoms with Crippen molar-refractivity contribution in [1.29, 1.82) is 0 Å². The van der Waals surface area contributed by atoms with Gasteiger partial charge in [-0.3, -0.25) is 9.59 Å². The molecular weight excluding hydrogens is 382 g/mol. The number of esters is 1. The van der Waals surface area contributed by atoms with E-state index in [1.165, 1.54) is 0 Å². The molecule has 1 N–H and O–H groups in total. The Kier molecular flexibility index (Phi) is 8.29. The van der Waals surface area contributed by atoms with Gasteiger partial charge in [0.15, 0.2) is 18.2 Å². The molecule has 0 aromatic heterocycles. The Morgan fingerprint density at radius 1 is 1.11 bits per heavy atom. The third-order valence-corrected chi connectivity index (χ3v) is 5.04. The van der Waals surface area contributed by atoms with Gasteiger partial charge in [-0.2, -0.15) is 0 Å². The van der Waals surface area contributed by atoms with Crippen LogP contribution in [0.3, 0.4) is 0 Å². The predicted octanol–water partition coefficient (Wildman–Crippen LogP) is 1.82. The second-order valence-corrected chi connectivity index (χ2v) is 8.14. The number of carbonyl (C=O) groups is 2. The standard InChI is InChI=1S/C17H24F2N2O5S/c1-11(2)21(12(3)4)16(22)10-26-17(23)7-8-20-27(24,25)13-5-6-14(18)15(19)9-13/h5-6,9,11-12,20H,7-8,10H2,1-4H3. The van der Waals surface area contributed by atoms with Gasteiger partial charge in [0.2, 0.25) is 10.0 Å². The molecule has 1 aromatic rings. The first-order valence-corrected chi connectivity index (χ1v) is 9.85. The molecule has 0 bridgehead atoms. The Labute approximate surface area is 157 Å². The molecule has 0 aliphatic heterocycles. The van der Waals surface area contributed by atoms with Crippen LogP contribution >= 0.6 is 0 Å². The van der Waals surface area contributed by atoms with Gasteiger partial charge in [-0.05, 0) is 45.9 Å². The zero-order valence-electron chi connectivity index (χ0n) is 15.7. The van der Waals surface area contributed by atoms with Crippen molar-refractivity contribution in [2.75, 3.05) is 13.2 Å². The monoisotopic (exact) mass is 406 g/mol. The highest BCUT2D eigenvalue weighted by Crippen LogP contribution is 2.13. The number of sulfonamides is 1. The van der Waals surface area contributed by atoms with Gasteiger partial charge >= 0.3 is 5.97 Å². The predicted molar refractivity (Wildman–Crippen MR) is 94.2 cm³/mol. The van der Waals surface area contributed by atoms with E-state index in [1.807, 2.05) is 27.7 Å². The van der Waals surface area contributed by atoms with Crippen LogP contribution in [-0.2, 0) is 24.3 Å². The number of carbonyl (C=O) groups excluding carboxylic acids is 2. The Morgan fingerprint density at radius 3 is 2.22 bits per heavy atom. The third-order valence-electron chi connectivity index (χ3n) is 3.58. The number of benzene rings is 1. The molecule has 27 heavy (non-hydrogen) atoms. The number of ether oxygens (including phenoxy) is 1. The number of hydrogen-bond donors (Lipinski definition) is 1. The highest BCUT2D eigenvalue weighted by Gasteiger charge is 2.21. The summed E-state index contributed by atoms with van der Waals surface area (Å²) in [7, 11) is -4.10. The fourth-order valence-electron chi connectivity index (χ4n) is 2.48. The minimum atomic E-state index is -4.10. The molecule has 0 aliphatic rings. The van der Waals surface area contributed by atoms with E-state index in [1.54, 1.807) is 4.90 Å². The van der Waals surface area contributed by atoms with Crippen molar-refractivity contribution in [3.05, 3.63) is 29.8 Å². The van der Waals surface area contributed by atoms with Crippen LogP contribution in [0, 0.1) is 11.6 Å². The van der Waals surface area contributed by atoms with Gasteiger partial charge in [0.25, 0.3) is 5.91 Å². The highest BCUT2D eigenvalue weighted by molar-refractivity contribution is 7.89. The second-order valence-electron chi connectivity index (χ2n) is 6.37. The smallest absolute Gasteiger partial charge is 0.307 e. The lowest BCUT2D eigenvalue weighted by Crippen LogP contribution is -2.44.